The van der Waals surface area contributed by atoms with Gasteiger partial charge in [0.05, 0.1) is 10.7 Å². The molecular weight excluding hydrogens is 338 g/mol. The van der Waals surface area contributed by atoms with E-state index in [-0.39, 0.29) is 11.9 Å². The van der Waals surface area contributed by atoms with E-state index in [9.17, 15) is 4.79 Å². The summed E-state index contributed by atoms with van der Waals surface area (Å²) in [6.07, 6.45) is 3.44. The summed E-state index contributed by atoms with van der Waals surface area (Å²) in [5, 5.41) is 5.19. The minimum Gasteiger partial charge on any atom is -0.336 e. The Morgan fingerprint density at radius 2 is 2.00 bits per heavy atom. The average Bonchev–Trinajstić information content (AvgIpc) is 3.09. The van der Waals surface area contributed by atoms with Gasteiger partial charge in [-0.15, -0.1) is 0 Å². The van der Waals surface area contributed by atoms with Crippen LogP contribution in [-0.2, 0) is 6.54 Å². The Bertz CT molecular complexity index is 940. The fraction of sp³-hybridized carbons (Fsp3) is 0.389. The molecule has 6 nitrogen and oxygen atoms in total. The topological polar surface area (TPSA) is 55.4 Å². The summed E-state index contributed by atoms with van der Waals surface area (Å²) in [5.41, 5.74) is 4.22. The number of halogens is 1. The molecule has 0 fully saturated rings. The van der Waals surface area contributed by atoms with E-state index in [4.69, 9.17) is 11.6 Å². The fourth-order valence-electron chi connectivity index (χ4n) is 3.00. The van der Waals surface area contributed by atoms with Gasteiger partial charge in [0, 0.05) is 43.3 Å². The molecule has 0 atom stereocenters. The smallest absolute Gasteiger partial charge is 0.274 e. The van der Waals surface area contributed by atoms with Gasteiger partial charge in [-0.2, -0.15) is 5.10 Å². The lowest BCUT2D eigenvalue weighted by Crippen LogP contribution is -2.27. The normalized spacial score (nSPS) is 11.5. The van der Waals surface area contributed by atoms with Gasteiger partial charge in [0.15, 0.2) is 0 Å². The molecule has 3 aromatic heterocycles. The second kappa shape index (κ2) is 6.52. The first-order valence-corrected chi connectivity index (χ1v) is 8.60. The van der Waals surface area contributed by atoms with E-state index in [1.165, 1.54) is 0 Å². The van der Waals surface area contributed by atoms with Crippen molar-refractivity contribution in [2.24, 2.45) is 0 Å². The van der Waals surface area contributed by atoms with Crippen LogP contribution in [-0.4, -0.2) is 37.0 Å². The van der Waals surface area contributed by atoms with Crippen LogP contribution in [0.1, 0.15) is 47.3 Å². The zero-order valence-corrected chi connectivity index (χ0v) is 15.9. The van der Waals surface area contributed by atoms with Crippen LogP contribution in [0.3, 0.4) is 0 Å². The first kappa shape index (κ1) is 17.5. The van der Waals surface area contributed by atoms with Crippen LogP contribution in [0.5, 0.6) is 0 Å². The number of amides is 1. The number of pyridine rings is 1. The predicted molar refractivity (Wildman–Crippen MR) is 98.1 cm³/mol. The van der Waals surface area contributed by atoms with Crippen molar-refractivity contribution in [3.63, 3.8) is 0 Å². The number of nitrogens with zero attached hydrogens (tertiary/aromatic N) is 5. The molecule has 3 aromatic rings. The van der Waals surface area contributed by atoms with Gasteiger partial charge in [-0.1, -0.05) is 11.6 Å². The summed E-state index contributed by atoms with van der Waals surface area (Å²) in [6, 6.07) is 3.84. The fourth-order valence-corrected chi connectivity index (χ4v) is 3.17. The van der Waals surface area contributed by atoms with Gasteiger partial charge in [-0.05, 0) is 39.8 Å². The lowest BCUT2D eigenvalue weighted by Gasteiger charge is -2.16. The van der Waals surface area contributed by atoms with E-state index in [0.717, 1.165) is 17.0 Å². The molecular formula is C18H22ClN5O. The SMILES string of the molecule is Cc1nn(C(C)C)c(C)c1CN(C)C(=O)c1cn2cc(Cl)ccc2n1. The first-order chi connectivity index (χ1) is 11.8. The Morgan fingerprint density at radius 1 is 1.28 bits per heavy atom. The monoisotopic (exact) mass is 359 g/mol. The van der Waals surface area contributed by atoms with Crippen molar-refractivity contribution in [2.75, 3.05) is 7.05 Å². The molecule has 0 saturated carbocycles. The first-order valence-electron chi connectivity index (χ1n) is 8.22. The highest BCUT2D eigenvalue weighted by atomic mass is 35.5. The molecule has 0 unspecified atom stereocenters. The quantitative estimate of drug-likeness (QED) is 0.714. The molecule has 0 aliphatic rings. The summed E-state index contributed by atoms with van der Waals surface area (Å²) in [6.45, 7) is 8.71. The van der Waals surface area contributed by atoms with Gasteiger partial charge >= 0.3 is 0 Å². The molecule has 0 spiro atoms. The minimum atomic E-state index is -0.129. The zero-order chi connectivity index (χ0) is 18.3. The maximum absolute atomic E-state index is 12.8. The number of imidazole rings is 1. The molecule has 0 aromatic carbocycles. The summed E-state index contributed by atoms with van der Waals surface area (Å²) < 4.78 is 3.76. The third-order valence-electron chi connectivity index (χ3n) is 4.34. The second-order valence-electron chi connectivity index (χ2n) is 6.59. The molecule has 1 amide bonds. The molecule has 3 rings (SSSR count). The highest BCUT2D eigenvalue weighted by molar-refractivity contribution is 6.30. The Hall–Kier alpha value is -2.34. The maximum atomic E-state index is 12.8. The van der Waals surface area contributed by atoms with Gasteiger partial charge in [0.25, 0.3) is 5.91 Å². The summed E-state index contributed by atoms with van der Waals surface area (Å²) in [5.74, 6) is -0.129. The summed E-state index contributed by atoms with van der Waals surface area (Å²) >= 11 is 5.99. The molecule has 0 bridgehead atoms. The maximum Gasteiger partial charge on any atom is 0.274 e. The second-order valence-corrected chi connectivity index (χ2v) is 7.02. The van der Waals surface area contributed by atoms with Crippen molar-refractivity contribution < 1.29 is 4.79 Å². The number of hydrogen-bond donors (Lipinski definition) is 0. The van der Waals surface area contributed by atoms with E-state index in [0.29, 0.717) is 22.9 Å². The number of hydrogen-bond acceptors (Lipinski definition) is 3. The molecule has 132 valence electrons. The van der Waals surface area contributed by atoms with E-state index in [1.54, 1.807) is 40.9 Å². The van der Waals surface area contributed by atoms with E-state index in [2.05, 4.69) is 23.9 Å². The lowest BCUT2D eigenvalue weighted by atomic mass is 10.2. The number of fused-ring (bicyclic) bond motifs is 1. The Morgan fingerprint density at radius 3 is 2.64 bits per heavy atom. The van der Waals surface area contributed by atoms with Gasteiger partial charge < -0.3 is 9.30 Å². The van der Waals surface area contributed by atoms with Gasteiger partial charge in [0.1, 0.15) is 11.3 Å². The highest BCUT2D eigenvalue weighted by Gasteiger charge is 2.20. The number of aryl methyl sites for hydroxylation is 1. The molecule has 0 aliphatic carbocycles. The molecule has 0 N–H and O–H groups in total. The van der Waals surface area contributed by atoms with Gasteiger partial charge in [-0.3, -0.25) is 9.48 Å². The molecule has 3 heterocycles. The van der Waals surface area contributed by atoms with Crippen LogP contribution < -0.4 is 0 Å². The van der Waals surface area contributed by atoms with Crippen LogP contribution >= 0.6 is 11.6 Å². The predicted octanol–water partition coefficient (Wildman–Crippen LogP) is 3.65. The highest BCUT2D eigenvalue weighted by Crippen LogP contribution is 2.20. The summed E-state index contributed by atoms with van der Waals surface area (Å²) in [7, 11) is 1.78. The van der Waals surface area contributed by atoms with Crippen LogP contribution in [0.4, 0.5) is 0 Å². The Kier molecular flexibility index (Phi) is 4.56. The average molecular weight is 360 g/mol. The molecule has 7 heteroatoms. The number of carbonyl (C=O) groups excluding carboxylic acids is 1. The van der Waals surface area contributed by atoms with E-state index in [1.807, 2.05) is 18.5 Å². The van der Waals surface area contributed by atoms with E-state index < -0.39 is 0 Å². The lowest BCUT2D eigenvalue weighted by molar-refractivity contribution is 0.0779. The third kappa shape index (κ3) is 3.26. The van der Waals surface area contributed by atoms with Crippen molar-refractivity contribution in [3.05, 3.63) is 52.2 Å². The summed E-state index contributed by atoms with van der Waals surface area (Å²) in [4.78, 5) is 18.8. The number of rotatable bonds is 4. The van der Waals surface area contributed by atoms with Gasteiger partial charge in [-0.25, -0.2) is 4.98 Å². The van der Waals surface area contributed by atoms with Crippen molar-refractivity contribution in [3.8, 4) is 0 Å². The van der Waals surface area contributed by atoms with Crippen LogP contribution in [0.2, 0.25) is 5.02 Å². The minimum absolute atomic E-state index is 0.129. The molecule has 25 heavy (non-hydrogen) atoms. The zero-order valence-electron chi connectivity index (χ0n) is 15.1. The Balaban J connectivity index is 1.85. The van der Waals surface area contributed by atoms with Crippen molar-refractivity contribution in [1.82, 2.24) is 24.1 Å². The standard InChI is InChI=1S/C18H22ClN5O/c1-11(2)24-13(4)15(12(3)21-24)9-22(5)18(25)16-10-23-8-14(19)6-7-17(23)20-16/h6-8,10-11H,9H2,1-5H3. The van der Waals surface area contributed by atoms with Crippen LogP contribution in [0, 0.1) is 13.8 Å². The van der Waals surface area contributed by atoms with Crippen molar-refractivity contribution in [1.29, 1.82) is 0 Å². The number of carbonyl (C=O) groups is 1. The van der Waals surface area contributed by atoms with E-state index >= 15 is 0 Å². The number of aromatic nitrogens is 4. The van der Waals surface area contributed by atoms with Gasteiger partial charge in [0.2, 0.25) is 0 Å². The van der Waals surface area contributed by atoms with Crippen molar-refractivity contribution >= 4 is 23.2 Å². The van der Waals surface area contributed by atoms with Crippen molar-refractivity contribution in [2.45, 2.75) is 40.3 Å². The molecule has 0 saturated heterocycles. The third-order valence-corrected chi connectivity index (χ3v) is 4.56. The van der Waals surface area contributed by atoms with Crippen LogP contribution in [0.15, 0.2) is 24.5 Å². The molecule has 0 radical (unpaired) electrons. The molecule has 0 aliphatic heterocycles. The Labute approximate surface area is 152 Å². The van der Waals surface area contributed by atoms with Crippen LogP contribution in [0.25, 0.3) is 5.65 Å². The largest absolute Gasteiger partial charge is 0.336 e.